The standard InChI is InChI=1S/C21H17FN4O4/c1-30-15-8-6-14(7-9-15)24-20(27)16-11-23-26-18(12-2-4-13(22)5-3-12)10-17(21(28)29)25-19(16)26/h2-11,18,25H,1H3,(H,24,27)(H,28,29)/t18-/m1/s1. The zero-order valence-corrected chi connectivity index (χ0v) is 15.8. The highest BCUT2D eigenvalue weighted by atomic mass is 19.1. The molecule has 1 atom stereocenters. The number of anilines is 2. The third kappa shape index (κ3) is 3.60. The average molecular weight is 408 g/mol. The predicted molar refractivity (Wildman–Crippen MR) is 107 cm³/mol. The van der Waals surface area contributed by atoms with Crippen molar-refractivity contribution < 1.29 is 23.8 Å². The highest BCUT2D eigenvalue weighted by Crippen LogP contribution is 2.32. The number of ether oxygens (including phenoxy) is 1. The van der Waals surface area contributed by atoms with Crippen LogP contribution in [0.2, 0.25) is 0 Å². The first kappa shape index (κ1) is 19.2. The van der Waals surface area contributed by atoms with Crippen LogP contribution in [0.4, 0.5) is 15.9 Å². The second kappa shape index (κ2) is 7.70. The number of amides is 1. The lowest BCUT2D eigenvalue weighted by atomic mass is 10.0. The zero-order valence-electron chi connectivity index (χ0n) is 15.8. The van der Waals surface area contributed by atoms with E-state index in [9.17, 15) is 19.1 Å². The molecule has 2 heterocycles. The van der Waals surface area contributed by atoms with Gasteiger partial charge in [0, 0.05) is 5.69 Å². The van der Waals surface area contributed by atoms with Crippen molar-refractivity contribution in [3.8, 4) is 5.75 Å². The summed E-state index contributed by atoms with van der Waals surface area (Å²) in [5, 5.41) is 19.3. The SMILES string of the molecule is COc1ccc(NC(=O)c2cnn3c2NC(C(=O)O)=C[C@@H]3c2ccc(F)cc2)cc1. The molecule has 0 radical (unpaired) electrons. The number of hydrogen-bond acceptors (Lipinski definition) is 5. The monoisotopic (exact) mass is 408 g/mol. The van der Waals surface area contributed by atoms with Gasteiger partial charge in [0.15, 0.2) is 0 Å². The largest absolute Gasteiger partial charge is 0.497 e. The van der Waals surface area contributed by atoms with Crippen LogP contribution in [-0.2, 0) is 4.79 Å². The zero-order chi connectivity index (χ0) is 21.3. The number of halogens is 1. The summed E-state index contributed by atoms with van der Waals surface area (Å²) < 4.78 is 19.9. The minimum atomic E-state index is -1.18. The Hall–Kier alpha value is -4.14. The van der Waals surface area contributed by atoms with Crippen LogP contribution in [0.5, 0.6) is 5.75 Å². The van der Waals surface area contributed by atoms with E-state index in [0.29, 0.717) is 17.0 Å². The molecule has 0 fully saturated rings. The van der Waals surface area contributed by atoms with Gasteiger partial charge in [0.05, 0.1) is 19.3 Å². The topological polar surface area (TPSA) is 105 Å². The summed E-state index contributed by atoms with van der Waals surface area (Å²) in [4.78, 5) is 24.4. The van der Waals surface area contributed by atoms with Crippen LogP contribution in [0.15, 0.2) is 66.5 Å². The van der Waals surface area contributed by atoms with Crippen molar-refractivity contribution in [2.45, 2.75) is 6.04 Å². The molecule has 2 aromatic carbocycles. The number of carboxylic acids is 1. The highest BCUT2D eigenvalue weighted by molar-refractivity contribution is 6.08. The third-order valence-corrected chi connectivity index (χ3v) is 4.67. The fraction of sp³-hybridized carbons (Fsp3) is 0.0952. The molecular formula is C21H17FN4O4. The van der Waals surface area contributed by atoms with Crippen molar-refractivity contribution in [3.05, 3.63) is 83.4 Å². The Morgan fingerprint density at radius 1 is 1.17 bits per heavy atom. The molecule has 152 valence electrons. The summed E-state index contributed by atoms with van der Waals surface area (Å²) in [7, 11) is 1.55. The molecule has 4 rings (SSSR count). The molecule has 3 aromatic rings. The highest BCUT2D eigenvalue weighted by Gasteiger charge is 2.29. The summed E-state index contributed by atoms with van der Waals surface area (Å²) in [5.41, 5.74) is 1.24. The van der Waals surface area contributed by atoms with Gasteiger partial charge in [-0.15, -0.1) is 0 Å². The van der Waals surface area contributed by atoms with Gasteiger partial charge in [-0.05, 0) is 48.0 Å². The van der Waals surface area contributed by atoms with Crippen molar-refractivity contribution in [1.82, 2.24) is 9.78 Å². The van der Waals surface area contributed by atoms with Crippen molar-refractivity contribution in [1.29, 1.82) is 0 Å². The normalized spacial score (nSPS) is 14.9. The number of methoxy groups -OCH3 is 1. The van der Waals surface area contributed by atoms with E-state index >= 15 is 0 Å². The van der Waals surface area contributed by atoms with Gasteiger partial charge in [-0.25, -0.2) is 13.9 Å². The number of carbonyl (C=O) groups excluding carboxylic acids is 1. The number of rotatable bonds is 5. The number of aromatic nitrogens is 2. The number of carboxylic acid groups (broad SMARTS) is 1. The Morgan fingerprint density at radius 3 is 2.50 bits per heavy atom. The summed E-state index contributed by atoms with van der Waals surface area (Å²) in [6, 6.07) is 11.8. The van der Waals surface area contributed by atoms with Crippen molar-refractivity contribution in [2.24, 2.45) is 0 Å². The molecule has 0 bridgehead atoms. The number of aliphatic carboxylic acids is 1. The molecule has 0 spiro atoms. The Balaban J connectivity index is 1.68. The number of benzene rings is 2. The summed E-state index contributed by atoms with van der Waals surface area (Å²) >= 11 is 0. The van der Waals surface area contributed by atoms with Crippen LogP contribution in [0, 0.1) is 5.82 Å². The summed E-state index contributed by atoms with van der Waals surface area (Å²) in [6.07, 6.45) is 2.82. The molecule has 1 aliphatic rings. The molecule has 1 amide bonds. The number of fused-ring (bicyclic) bond motifs is 1. The third-order valence-electron chi connectivity index (χ3n) is 4.67. The summed E-state index contributed by atoms with van der Waals surface area (Å²) in [5.74, 6) is -1.17. The lowest BCUT2D eigenvalue weighted by molar-refractivity contribution is -0.132. The minimum absolute atomic E-state index is 0.101. The first-order valence-corrected chi connectivity index (χ1v) is 8.97. The van der Waals surface area contributed by atoms with Crippen LogP contribution in [-0.4, -0.2) is 33.9 Å². The molecule has 30 heavy (non-hydrogen) atoms. The van der Waals surface area contributed by atoms with E-state index in [4.69, 9.17) is 4.74 Å². The quantitative estimate of drug-likeness (QED) is 0.598. The smallest absolute Gasteiger partial charge is 0.352 e. The van der Waals surface area contributed by atoms with E-state index < -0.39 is 23.7 Å². The van der Waals surface area contributed by atoms with Crippen LogP contribution in [0.3, 0.4) is 0 Å². The first-order valence-electron chi connectivity index (χ1n) is 8.97. The number of nitrogens with one attached hydrogen (secondary N) is 2. The molecular weight excluding hydrogens is 391 g/mol. The van der Waals surface area contributed by atoms with E-state index in [2.05, 4.69) is 15.7 Å². The van der Waals surface area contributed by atoms with Gasteiger partial charge in [0.25, 0.3) is 5.91 Å². The number of allylic oxidation sites excluding steroid dienone is 1. The Morgan fingerprint density at radius 2 is 1.87 bits per heavy atom. The van der Waals surface area contributed by atoms with E-state index in [-0.39, 0.29) is 17.1 Å². The molecule has 0 saturated heterocycles. The van der Waals surface area contributed by atoms with Gasteiger partial charge in [-0.1, -0.05) is 12.1 Å². The average Bonchev–Trinajstić information content (AvgIpc) is 3.18. The second-order valence-electron chi connectivity index (χ2n) is 6.54. The minimum Gasteiger partial charge on any atom is -0.497 e. The molecule has 8 nitrogen and oxygen atoms in total. The lowest BCUT2D eigenvalue weighted by Crippen LogP contribution is -2.25. The van der Waals surface area contributed by atoms with Crippen LogP contribution < -0.4 is 15.4 Å². The molecule has 0 aliphatic carbocycles. The van der Waals surface area contributed by atoms with E-state index in [1.54, 1.807) is 43.5 Å². The number of nitrogens with zero attached hydrogens (tertiary/aromatic N) is 2. The molecule has 0 unspecified atom stereocenters. The van der Waals surface area contributed by atoms with E-state index in [0.717, 1.165) is 0 Å². The molecule has 9 heteroatoms. The van der Waals surface area contributed by atoms with Crippen molar-refractivity contribution in [2.75, 3.05) is 17.7 Å². The number of carbonyl (C=O) groups is 2. The molecule has 0 saturated carbocycles. The van der Waals surface area contributed by atoms with Gasteiger partial charge in [0.1, 0.15) is 28.6 Å². The number of hydrogen-bond donors (Lipinski definition) is 3. The fourth-order valence-corrected chi connectivity index (χ4v) is 3.16. The Bertz CT molecular complexity index is 1140. The maximum absolute atomic E-state index is 13.3. The van der Waals surface area contributed by atoms with Gasteiger partial charge < -0.3 is 20.5 Å². The second-order valence-corrected chi connectivity index (χ2v) is 6.54. The van der Waals surface area contributed by atoms with E-state index in [1.807, 2.05) is 0 Å². The van der Waals surface area contributed by atoms with Gasteiger partial charge in [-0.2, -0.15) is 5.10 Å². The van der Waals surface area contributed by atoms with E-state index in [1.165, 1.54) is 29.1 Å². The maximum atomic E-state index is 13.3. The predicted octanol–water partition coefficient (Wildman–Crippen LogP) is 3.27. The van der Waals surface area contributed by atoms with Gasteiger partial charge in [-0.3, -0.25) is 4.79 Å². The van der Waals surface area contributed by atoms with Crippen LogP contribution in [0.1, 0.15) is 22.0 Å². The Labute approximate surface area is 170 Å². The van der Waals surface area contributed by atoms with Crippen molar-refractivity contribution >= 4 is 23.4 Å². The lowest BCUT2D eigenvalue weighted by Gasteiger charge is -2.24. The fourth-order valence-electron chi connectivity index (χ4n) is 3.16. The molecule has 3 N–H and O–H groups in total. The molecule has 1 aromatic heterocycles. The summed E-state index contributed by atoms with van der Waals surface area (Å²) in [6.45, 7) is 0. The van der Waals surface area contributed by atoms with Crippen LogP contribution >= 0.6 is 0 Å². The van der Waals surface area contributed by atoms with Crippen LogP contribution in [0.25, 0.3) is 0 Å². The first-order chi connectivity index (χ1) is 14.5. The maximum Gasteiger partial charge on any atom is 0.352 e. The Kier molecular flexibility index (Phi) is 4.93. The van der Waals surface area contributed by atoms with Gasteiger partial charge >= 0.3 is 5.97 Å². The van der Waals surface area contributed by atoms with Gasteiger partial charge in [0.2, 0.25) is 0 Å². The molecule has 1 aliphatic heterocycles. The van der Waals surface area contributed by atoms with Crippen molar-refractivity contribution in [3.63, 3.8) is 0 Å².